The predicted molar refractivity (Wildman–Crippen MR) is 56.5 cm³/mol. The Morgan fingerprint density at radius 3 is 2.86 bits per heavy atom. The number of hydrogen-bond donors (Lipinski definition) is 2. The third-order valence-electron chi connectivity index (χ3n) is 2.51. The molecular weight excluding hydrogens is 200 g/mol. The normalized spacial score (nSPS) is 18.4. The highest BCUT2D eigenvalue weighted by atomic mass is 35.5. The number of furan rings is 1. The Morgan fingerprint density at radius 2 is 2.36 bits per heavy atom. The zero-order valence-electron chi connectivity index (χ0n) is 8.00. The maximum absolute atomic E-state index is 5.71. The fraction of sp³-hybridized carbons (Fsp3) is 0.600. The van der Waals surface area contributed by atoms with Gasteiger partial charge in [0, 0.05) is 25.0 Å². The summed E-state index contributed by atoms with van der Waals surface area (Å²) in [5, 5.41) is 3.87. The highest BCUT2D eigenvalue weighted by molar-refractivity contribution is 6.28. The van der Waals surface area contributed by atoms with Crippen LogP contribution in [-0.2, 0) is 0 Å². The molecule has 1 unspecified atom stereocenters. The lowest BCUT2D eigenvalue weighted by atomic mass is 10.1. The molecule has 14 heavy (non-hydrogen) atoms. The van der Waals surface area contributed by atoms with Crippen molar-refractivity contribution in [2.45, 2.75) is 24.8 Å². The van der Waals surface area contributed by atoms with Crippen LogP contribution in [0.25, 0.3) is 0 Å². The molecule has 1 atom stereocenters. The molecule has 1 heterocycles. The van der Waals surface area contributed by atoms with Gasteiger partial charge in [-0.3, -0.25) is 0 Å². The first-order valence-electron chi connectivity index (χ1n) is 4.98. The summed E-state index contributed by atoms with van der Waals surface area (Å²) in [6, 6.07) is 4.36. The van der Waals surface area contributed by atoms with Gasteiger partial charge in [-0.05, 0) is 36.6 Å². The standard InChI is InChI=1S/C10H15ClN2O/c11-10-4-3-9(14-10)7(5-12)6-13-8-1-2-8/h3-4,7-8,13H,1-2,5-6,12H2. The van der Waals surface area contributed by atoms with Gasteiger partial charge in [0.25, 0.3) is 0 Å². The van der Waals surface area contributed by atoms with Crippen LogP contribution in [0.2, 0.25) is 5.22 Å². The minimum Gasteiger partial charge on any atom is -0.449 e. The molecule has 2 rings (SSSR count). The number of nitrogens with two attached hydrogens (primary N) is 1. The van der Waals surface area contributed by atoms with E-state index in [-0.39, 0.29) is 5.92 Å². The van der Waals surface area contributed by atoms with Crippen LogP contribution in [0.4, 0.5) is 0 Å². The highest BCUT2D eigenvalue weighted by Crippen LogP contribution is 2.23. The second-order valence-corrected chi connectivity index (χ2v) is 4.13. The monoisotopic (exact) mass is 214 g/mol. The van der Waals surface area contributed by atoms with Gasteiger partial charge in [0.2, 0.25) is 0 Å². The smallest absolute Gasteiger partial charge is 0.193 e. The van der Waals surface area contributed by atoms with E-state index < -0.39 is 0 Å². The van der Waals surface area contributed by atoms with Crippen LogP contribution in [0, 0.1) is 0 Å². The Balaban J connectivity index is 1.90. The van der Waals surface area contributed by atoms with Gasteiger partial charge in [0.05, 0.1) is 0 Å². The molecule has 1 aliphatic rings. The van der Waals surface area contributed by atoms with Crippen LogP contribution < -0.4 is 11.1 Å². The van der Waals surface area contributed by atoms with Gasteiger partial charge in [0.15, 0.2) is 5.22 Å². The molecule has 3 nitrogen and oxygen atoms in total. The Bertz CT molecular complexity index is 296. The summed E-state index contributed by atoms with van der Waals surface area (Å²) in [4.78, 5) is 0. The van der Waals surface area contributed by atoms with Crippen LogP contribution in [0.15, 0.2) is 16.5 Å². The van der Waals surface area contributed by atoms with Crippen molar-refractivity contribution in [3.8, 4) is 0 Å². The van der Waals surface area contributed by atoms with Crippen molar-refractivity contribution < 1.29 is 4.42 Å². The van der Waals surface area contributed by atoms with E-state index in [9.17, 15) is 0 Å². The minimum absolute atomic E-state index is 0.239. The van der Waals surface area contributed by atoms with Crippen LogP contribution >= 0.6 is 11.6 Å². The van der Waals surface area contributed by atoms with Crippen LogP contribution in [0.3, 0.4) is 0 Å². The molecule has 0 bridgehead atoms. The first kappa shape index (κ1) is 10.0. The average Bonchev–Trinajstić information content (AvgIpc) is 2.90. The molecular formula is C10H15ClN2O. The molecule has 0 amide bonds. The van der Waals surface area contributed by atoms with Crippen LogP contribution in [0.5, 0.6) is 0 Å². The summed E-state index contributed by atoms with van der Waals surface area (Å²) >= 11 is 5.71. The number of halogens is 1. The molecule has 1 aromatic heterocycles. The molecule has 3 N–H and O–H groups in total. The molecule has 0 aliphatic heterocycles. The predicted octanol–water partition coefficient (Wildman–Crippen LogP) is 1.73. The van der Waals surface area contributed by atoms with Gasteiger partial charge in [-0.25, -0.2) is 0 Å². The van der Waals surface area contributed by atoms with Gasteiger partial charge < -0.3 is 15.5 Å². The van der Waals surface area contributed by atoms with E-state index in [4.69, 9.17) is 21.8 Å². The first-order chi connectivity index (χ1) is 6.79. The second-order valence-electron chi connectivity index (χ2n) is 3.76. The molecule has 0 saturated heterocycles. The lowest BCUT2D eigenvalue weighted by Crippen LogP contribution is -2.27. The van der Waals surface area contributed by atoms with Crippen molar-refractivity contribution in [1.29, 1.82) is 0 Å². The summed E-state index contributed by atoms with van der Waals surface area (Å²) in [6.07, 6.45) is 2.58. The van der Waals surface area contributed by atoms with E-state index in [1.54, 1.807) is 6.07 Å². The van der Waals surface area contributed by atoms with E-state index >= 15 is 0 Å². The minimum atomic E-state index is 0.239. The fourth-order valence-electron chi connectivity index (χ4n) is 1.44. The Labute approximate surface area is 88.6 Å². The molecule has 0 aromatic carbocycles. The first-order valence-corrected chi connectivity index (χ1v) is 5.36. The van der Waals surface area contributed by atoms with E-state index in [0.717, 1.165) is 12.3 Å². The van der Waals surface area contributed by atoms with E-state index in [2.05, 4.69) is 5.32 Å². The van der Waals surface area contributed by atoms with Gasteiger partial charge >= 0.3 is 0 Å². The molecule has 4 heteroatoms. The van der Waals surface area contributed by atoms with Gasteiger partial charge in [-0.15, -0.1) is 0 Å². The Kier molecular flexibility index (Phi) is 3.11. The van der Waals surface area contributed by atoms with Crippen molar-refractivity contribution >= 4 is 11.6 Å². The quantitative estimate of drug-likeness (QED) is 0.785. The number of rotatable bonds is 5. The largest absolute Gasteiger partial charge is 0.449 e. The van der Waals surface area contributed by atoms with Crippen molar-refractivity contribution in [2.24, 2.45) is 5.73 Å². The fourth-order valence-corrected chi connectivity index (χ4v) is 1.60. The van der Waals surface area contributed by atoms with Crippen molar-refractivity contribution in [2.75, 3.05) is 13.1 Å². The van der Waals surface area contributed by atoms with Crippen LogP contribution in [0.1, 0.15) is 24.5 Å². The molecule has 0 radical (unpaired) electrons. The van der Waals surface area contributed by atoms with Crippen molar-refractivity contribution in [3.63, 3.8) is 0 Å². The molecule has 1 aromatic rings. The molecule has 78 valence electrons. The zero-order valence-corrected chi connectivity index (χ0v) is 8.76. The zero-order chi connectivity index (χ0) is 9.97. The summed E-state index contributed by atoms with van der Waals surface area (Å²) in [5.74, 6) is 1.12. The average molecular weight is 215 g/mol. The van der Waals surface area contributed by atoms with Crippen LogP contribution in [-0.4, -0.2) is 19.1 Å². The van der Waals surface area contributed by atoms with E-state index in [1.807, 2.05) is 6.07 Å². The second kappa shape index (κ2) is 4.34. The molecule has 1 aliphatic carbocycles. The lowest BCUT2D eigenvalue weighted by Gasteiger charge is -2.12. The summed E-state index contributed by atoms with van der Waals surface area (Å²) in [6.45, 7) is 1.47. The lowest BCUT2D eigenvalue weighted by molar-refractivity contribution is 0.448. The van der Waals surface area contributed by atoms with Gasteiger partial charge in [0.1, 0.15) is 5.76 Å². The summed E-state index contributed by atoms with van der Waals surface area (Å²) in [5.41, 5.74) is 5.68. The SMILES string of the molecule is NCC(CNC1CC1)c1ccc(Cl)o1. The Morgan fingerprint density at radius 1 is 1.57 bits per heavy atom. The summed E-state index contributed by atoms with van der Waals surface area (Å²) < 4.78 is 5.33. The maximum atomic E-state index is 5.71. The maximum Gasteiger partial charge on any atom is 0.193 e. The van der Waals surface area contributed by atoms with Gasteiger partial charge in [-0.1, -0.05) is 0 Å². The van der Waals surface area contributed by atoms with E-state index in [0.29, 0.717) is 17.8 Å². The van der Waals surface area contributed by atoms with Crippen molar-refractivity contribution in [3.05, 3.63) is 23.1 Å². The molecule has 1 saturated carbocycles. The highest BCUT2D eigenvalue weighted by Gasteiger charge is 2.22. The van der Waals surface area contributed by atoms with Crippen molar-refractivity contribution in [1.82, 2.24) is 5.32 Å². The third-order valence-corrected chi connectivity index (χ3v) is 2.71. The number of hydrogen-bond acceptors (Lipinski definition) is 3. The topological polar surface area (TPSA) is 51.2 Å². The van der Waals surface area contributed by atoms with E-state index in [1.165, 1.54) is 12.8 Å². The molecule has 1 fully saturated rings. The van der Waals surface area contributed by atoms with Gasteiger partial charge in [-0.2, -0.15) is 0 Å². The summed E-state index contributed by atoms with van der Waals surface area (Å²) in [7, 11) is 0. The third kappa shape index (κ3) is 2.50. The number of nitrogens with one attached hydrogen (secondary N) is 1. The Hall–Kier alpha value is -0.510. The molecule has 0 spiro atoms.